The molecule has 0 aliphatic carbocycles. The number of rotatable bonds is 1. The summed E-state index contributed by atoms with van der Waals surface area (Å²) >= 11 is 0. The molecule has 2 N–H and O–H groups in total. The van der Waals surface area contributed by atoms with E-state index < -0.39 is 0 Å². The molecule has 110 valence electrons. The molecule has 0 saturated heterocycles. The molecule has 0 unspecified atom stereocenters. The number of nitrogens with two attached hydrogens (primary N) is 1. The minimum absolute atomic E-state index is 0.836. The summed E-state index contributed by atoms with van der Waals surface area (Å²) < 4.78 is 0. The van der Waals surface area contributed by atoms with Crippen molar-refractivity contribution in [1.82, 2.24) is 0 Å². The van der Waals surface area contributed by atoms with Gasteiger partial charge in [0, 0.05) is 5.69 Å². The fourth-order valence-corrected chi connectivity index (χ4v) is 4.02. The lowest BCUT2D eigenvalue weighted by atomic mass is 9.88. The maximum atomic E-state index is 6.21. The molecule has 0 aliphatic rings. The van der Waals surface area contributed by atoms with Crippen LogP contribution in [0.5, 0.6) is 0 Å². The van der Waals surface area contributed by atoms with Crippen LogP contribution in [0.15, 0.2) is 60.7 Å². The van der Waals surface area contributed by atoms with Crippen molar-refractivity contribution in [3.63, 3.8) is 0 Å². The van der Waals surface area contributed by atoms with Gasteiger partial charge in [0.1, 0.15) is 0 Å². The number of benzene rings is 5. The highest BCUT2D eigenvalue weighted by molar-refractivity contribution is 6.33. The second-order valence-corrected chi connectivity index (χ2v) is 6.37. The maximum Gasteiger partial charge on any atom is 0.0326 e. The van der Waals surface area contributed by atoms with Gasteiger partial charge in [-0.3, -0.25) is 0 Å². The third-order valence-electron chi connectivity index (χ3n) is 5.02. The lowest BCUT2D eigenvalue weighted by Gasteiger charge is -2.16. The summed E-state index contributed by atoms with van der Waals surface area (Å²) in [5, 5.41) is 10.5. The Morgan fingerprint density at radius 3 is 2.04 bits per heavy atom. The third kappa shape index (κ3) is 1.62. The predicted octanol–water partition coefficient (Wildman–Crippen LogP) is 5.88. The SMILES string of the molecule is CCc1cc2cc(N)cc3c4cccc5cccc(c(c1)c23)c54. The Balaban J connectivity index is 2.23. The molecule has 23 heavy (non-hydrogen) atoms. The number of anilines is 1. The average molecular weight is 295 g/mol. The van der Waals surface area contributed by atoms with Crippen LogP contribution < -0.4 is 5.73 Å². The van der Waals surface area contributed by atoms with Gasteiger partial charge in [0.25, 0.3) is 0 Å². The van der Waals surface area contributed by atoms with Crippen molar-refractivity contribution in [2.75, 3.05) is 5.73 Å². The first-order valence-electron chi connectivity index (χ1n) is 8.15. The van der Waals surface area contributed by atoms with Crippen LogP contribution in [-0.4, -0.2) is 0 Å². The summed E-state index contributed by atoms with van der Waals surface area (Å²) in [7, 11) is 0. The molecule has 0 aromatic heterocycles. The maximum absolute atomic E-state index is 6.21. The van der Waals surface area contributed by atoms with E-state index in [1.165, 1.54) is 48.7 Å². The largest absolute Gasteiger partial charge is 0.399 e. The van der Waals surface area contributed by atoms with E-state index in [1.54, 1.807) is 0 Å². The van der Waals surface area contributed by atoms with Crippen LogP contribution in [0.3, 0.4) is 0 Å². The molecule has 0 atom stereocenters. The molecule has 0 spiro atoms. The molecule has 5 rings (SSSR count). The number of hydrogen-bond acceptors (Lipinski definition) is 1. The minimum Gasteiger partial charge on any atom is -0.399 e. The van der Waals surface area contributed by atoms with Gasteiger partial charge in [0.2, 0.25) is 0 Å². The van der Waals surface area contributed by atoms with Gasteiger partial charge in [-0.1, -0.05) is 55.5 Å². The second-order valence-electron chi connectivity index (χ2n) is 6.37. The monoisotopic (exact) mass is 295 g/mol. The van der Waals surface area contributed by atoms with Gasteiger partial charge in [-0.15, -0.1) is 0 Å². The molecule has 5 aromatic rings. The summed E-state index contributed by atoms with van der Waals surface area (Å²) in [6.45, 7) is 2.21. The molecule has 5 aromatic carbocycles. The Hall–Kier alpha value is -2.80. The molecule has 1 nitrogen and oxygen atoms in total. The van der Waals surface area contributed by atoms with Gasteiger partial charge < -0.3 is 5.73 Å². The zero-order chi connectivity index (χ0) is 15.6. The quantitative estimate of drug-likeness (QED) is 0.233. The van der Waals surface area contributed by atoms with Crippen molar-refractivity contribution in [3.05, 3.63) is 66.2 Å². The Kier molecular flexibility index (Phi) is 2.41. The fourth-order valence-electron chi connectivity index (χ4n) is 4.02. The fraction of sp³-hybridized carbons (Fsp3) is 0.0909. The first kappa shape index (κ1) is 12.7. The van der Waals surface area contributed by atoms with E-state index in [9.17, 15) is 0 Å². The highest BCUT2D eigenvalue weighted by Gasteiger charge is 2.13. The van der Waals surface area contributed by atoms with Gasteiger partial charge in [-0.25, -0.2) is 0 Å². The van der Waals surface area contributed by atoms with E-state index in [1.807, 2.05) is 0 Å². The van der Waals surface area contributed by atoms with Crippen molar-refractivity contribution in [2.24, 2.45) is 0 Å². The van der Waals surface area contributed by atoms with Gasteiger partial charge in [-0.2, -0.15) is 0 Å². The topological polar surface area (TPSA) is 26.0 Å². The molecule has 0 heterocycles. The molecule has 1 heteroatoms. The Labute approximate surface area is 134 Å². The third-order valence-corrected chi connectivity index (χ3v) is 5.02. The number of nitrogen functional groups attached to an aromatic ring is 1. The first-order chi connectivity index (χ1) is 11.3. The van der Waals surface area contributed by atoms with Gasteiger partial charge in [0.15, 0.2) is 0 Å². The minimum atomic E-state index is 0.836. The van der Waals surface area contributed by atoms with Crippen molar-refractivity contribution in [1.29, 1.82) is 0 Å². The molecular weight excluding hydrogens is 278 g/mol. The number of fused-ring (bicyclic) bond motifs is 2. The molecule has 0 bridgehead atoms. The first-order valence-corrected chi connectivity index (χ1v) is 8.15. The molecule has 0 aliphatic heterocycles. The lowest BCUT2D eigenvalue weighted by Crippen LogP contribution is -1.92. The van der Waals surface area contributed by atoms with Crippen LogP contribution in [-0.2, 0) is 6.42 Å². The zero-order valence-corrected chi connectivity index (χ0v) is 13.1. The molecule has 0 radical (unpaired) electrons. The van der Waals surface area contributed by atoms with Crippen LogP contribution in [0.4, 0.5) is 5.69 Å². The summed E-state index contributed by atoms with van der Waals surface area (Å²) in [6, 6.07) is 22.0. The average Bonchev–Trinajstić information content (AvgIpc) is 2.58. The smallest absolute Gasteiger partial charge is 0.0326 e. The Morgan fingerprint density at radius 2 is 1.35 bits per heavy atom. The van der Waals surface area contributed by atoms with Crippen molar-refractivity contribution >= 4 is 48.8 Å². The van der Waals surface area contributed by atoms with E-state index in [4.69, 9.17) is 5.73 Å². The predicted molar refractivity (Wildman–Crippen MR) is 101 cm³/mol. The van der Waals surface area contributed by atoms with E-state index in [-0.39, 0.29) is 0 Å². The highest BCUT2D eigenvalue weighted by atomic mass is 14.5. The summed E-state index contributed by atoms with van der Waals surface area (Å²) in [5.41, 5.74) is 8.41. The van der Waals surface area contributed by atoms with Gasteiger partial charge >= 0.3 is 0 Å². The van der Waals surface area contributed by atoms with Gasteiger partial charge in [-0.05, 0) is 67.2 Å². The van der Waals surface area contributed by atoms with Crippen LogP contribution in [0, 0.1) is 0 Å². The van der Waals surface area contributed by atoms with E-state index >= 15 is 0 Å². The van der Waals surface area contributed by atoms with E-state index in [0.29, 0.717) is 0 Å². The summed E-state index contributed by atoms with van der Waals surface area (Å²) in [5.74, 6) is 0. The van der Waals surface area contributed by atoms with Crippen molar-refractivity contribution in [2.45, 2.75) is 13.3 Å². The molecule has 0 saturated carbocycles. The standard InChI is InChI=1S/C22H17N/c1-2-13-9-15-11-16(23)12-20-18-8-4-6-14-5-3-7-17(21(14)18)19(10-13)22(15)20/h3-12H,2,23H2,1H3. The van der Waals surface area contributed by atoms with Crippen LogP contribution in [0.1, 0.15) is 12.5 Å². The van der Waals surface area contributed by atoms with E-state index in [2.05, 4.69) is 67.6 Å². The van der Waals surface area contributed by atoms with Crippen LogP contribution in [0.25, 0.3) is 43.1 Å². The summed E-state index contributed by atoms with van der Waals surface area (Å²) in [4.78, 5) is 0. The Morgan fingerprint density at radius 1 is 0.696 bits per heavy atom. The van der Waals surface area contributed by atoms with Crippen LogP contribution in [0.2, 0.25) is 0 Å². The van der Waals surface area contributed by atoms with Gasteiger partial charge in [0.05, 0.1) is 0 Å². The number of hydrogen-bond donors (Lipinski definition) is 1. The molecule has 0 fully saturated rings. The normalized spacial score (nSPS) is 12.0. The Bertz CT molecular complexity index is 1200. The van der Waals surface area contributed by atoms with Crippen LogP contribution >= 0.6 is 0 Å². The number of aryl methyl sites for hydroxylation is 1. The highest BCUT2D eigenvalue weighted by Crippen LogP contribution is 2.41. The molecular formula is C22H17N. The van der Waals surface area contributed by atoms with E-state index in [0.717, 1.165) is 12.1 Å². The zero-order valence-electron chi connectivity index (χ0n) is 13.1. The summed E-state index contributed by atoms with van der Waals surface area (Å²) in [6.07, 6.45) is 1.03. The lowest BCUT2D eigenvalue weighted by molar-refractivity contribution is 1.15. The van der Waals surface area contributed by atoms with Crippen molar-refractivity contribution in [3.8, 4) is 0 Å². The molecule has 0 amide bonds. The van der Waals surface area contributed by atoms with Crippen molar-refractivity contribution < 1.29 is 0 Å². The second kappa shape index (κ2) is 4.36.